The van der Waals surface area contributed by atoms with Gasteiger partial charge in [-0.2, -0.15) is 4.98 Å². The second-order valence-electron chi connectivity index (χ2n) is 9.04. The number of ether oxygens (including phenoxy) is 1. The summed E-state index contributed by atoms with van der Waals surface area (Å²) in [6, 6.07) is 29.2. The van der Waals surface area contributed by atoms with Crippen molar-refractivity contribution in [1.82, 2.24) is 4.98 Å². The number of anilines is 2. The van der Waals surface area contributed by atoms with Crippen molar-refractivity contribution in [3.05, 3.63) is 112 Å². The summed E-state index contributed by atoms with van der Waals surface area (Å²) >= 11 is 3.71. The van der Waals surface area contributed by atoms with E-state index in [0.717, 1.165) is 16.7 Å². The van der Waals surface area contributed by atoms with Gasteiger partial charge in [0.05, 0.1) is 16.0 Å². The maximum atomic E-state index is 13.7. The van der Waals surface area contributed by atoms with Gasteiger partial charge in [0.15, 0.2) is 0 Å². The highest BCUT2D eigenvalue weighted by molar-refractivity contribution is 9.10. The summed E-state index contributed by atoms with van der Waals surface area (Å²) in [6.07, 6.45) is 0.562. The van der Waals surface area contributed by atoms with Crippen molar-refractivity contribution in [3.63, 3.8) is 0 Å². The summed E-state index contributed by atoms with van der Waals surface area (Å²) < 4.78 is 35.5. The molecule has 3 aromatic carbocycles. The molecule has 4 aromatic rings. The molecule has 37 heavy (non-hydrogen) atoms. The number of aromatic nitrogens is 1. The third kappa shape index (κ3) is 5.65. The van der Waals surface area contributed by atoms with Gasteiger partial charge in [-0.1, -0.05) is 72.8 Å². The van der Waals surface area contributed by atoms with Crippen LogP contribution in [0.5, 0.6) is 5.88 Å². The first-order valence-electron chi connectivity index (χ1n) is 12.2. The van der Waals surface area contributed by atoms with E-state index in [1.807, 2.05) is 55.5 Å². The maximum absolute atomic E-state index is 13.7. The van der Waals surface area contributed by atoms with E-state index in [9.17, 15) is 8.42 Å². The van der Waals surface area contributed by atoms with Crippen LogP contribution in [0.15, 0.2) is 100 Å². The van der Waals surface area contributed by atoms with Crippen LogP contribution in [0.25, 0.3) is 0 Å². The molecule has 6 nitrogen and oxygen atoms in total. The lowest BCUT2D eigenvalue weighted by Gasteiger charge is -2.28. The standard InChI is InChI=1S/C29H28BrN3O3S/c1-22-10-8-15-25(18-22)37(34,35)33-16-9-17-36-29-27(33)19-26(30)28(31-29)32(20-23-11-4-2-5-12-23)21-24-13-6-3-7-14-24/h2-8,10-15,18-19H,9,16-17,20-21H2,1H3. The van der Waals surface area contributed by atoms with E-state index in [1.54, 1.807) is 18.2 Å². The largest absolute Gasteiger partial charge is 0.476 e. The first-order chi connectivity index (χ1) is 17.9. The Kier molecular flexibility index (Phi) is 7.48. The van der Waals surface area contributed by atoms with Gasteiger partial charge < -0.3 is 9.64 Å². The Labute approximate surface area is 226 Å². The Morgan fingerprint density at radius 1 is 0.919 bits per heavy atom. The Morgan fingerprint density at radius 2 is 1.57 bits per heavy atom. The highest BCUT2D eigenvalue weighted by atomic mass is 79.9. The maximum Gasteiger partial charge on any atom is 0.264 e. The minimum absolute atomic E-state index is 0.260. The van der Waals surface area contributed by atoms with Crippen molar-refractivity contribution in [1.29, 1.82) is 0 Å². The molecule has 0 bridgehead atoms. The lowest BCUT2D eigenvalue weighted by atomic mass is 10.1. The smallest absolute Gasteiger partial charge is 0.264 e. The van der Waals surface area contributed by atoms with Gasteiger partial charge in [-0.15, -0.1) is 0 Å². The van der Waals surface area contributed by atoms with Crippen molar-refractivity contribution >= 4 is 37.5 Å². The molecule has 0 saturated heterocycles. The molecule has 0 aliphatic carbocycles. The summed E-state index contributed by atoms with van der Waals surface area (Å²) in [5.74, 6) is 1.01. The van der Waals surface area contributed by atoms with E-state index in [4.69, 9.17) is 9.72 Å². The molecule has 0 atom stereocenters. The van der Waals surface area contributed by atoms with Crippen LogP contribution < -0.4 is 13.9 Å². The fourth-order valence-electron chi connectivity index (χ4n) is 4.42. The highest BCUT2D eigenvalue weighted by Gasteiger charge is 2.31. The minimum Gasteiger partial charge on any atom is -0.476 e. The number of nitrogens with zero attached hydrogens (tertiary/aromatic N) is 3. The van der Waals surface area contributed by atoms with Crippen molar-refractivity contribution < 1.29 is 13.2 Å². The van der Waals surface area contributed by atoms with Gasteiger partial charge in [-0.25, -0.2) is 8.42 Å². The Hall–Kier alpha value is -3.36. The fourth-order valence-corrected chi connectivity index (χ4v) is 6.58. The zero-order chi connectivity index (χ0) is 25.8. The molecule has 0 spiro atoms. The minimum atomic E-state index is -3.79. The fraction of sp³-hybridized carbons (Fsp3) is 0.207. The number of aryl methyl sites for hydroxylation is 1. The number of pyridine rings is 1. The van der Waals surface area contributed by atoms with E-state index < -0.39 is 10.0 Å². The third-order valence-corrected chi connectivity index (χ3v) is 8.62. The van der Waals surface area contributed by atoms with Crippen LogP contribution in [0.1, 0.15) is 23.1 Å². The molecule has 8 heteroatoms. The third-order valence-electron chi connectivity index (χ3n) is 6.23. The molecule has 0 amide bonds. The molecule has 0 fully saturated rings. The van der Waals surface area contributed by atoms with Crippen molar-refractivity contribution in [3.8, 4) is 5.88 Å². The van der Waals surface area contributed by atoms with Crippen molar-refractivity contribution in [2.45, 2.75) is 31.3 Å². The molecule has 0 radical (unpaired) electrons. The van der Waals surface area contributed by atoms with Crippen molar-refractivity contribution in [2.75, 3.05) is 22.4 Å². The van der Waals surface area contributed by atoms with Gasteiger partial charge in [0.1, 0.15) is 11.5 Å². The average Bonchev–Trinajstić information content (AvgIpc) is 3.11. The summed E-state index contributed by atoms with van der Waals surface area (Å²) in [7, 11) is -3.79. The molecule has 190 valence electrons. The first-order valence-corrected chi connectivity index (χ1v) is 14.4. The predicted molar refractivity (Wildman–Crippen MR) is 151 cm³/mol. The number of hydrogen-bond donors (Lipinski definition) is 0. The van der Waals surface area contributed by atoms with E-state index in [2.05, 4.69) is 45.1 Å². The van der Waals surface area contributed by atoms with E-state index in [0.29, 0.717) is 54.5 Å². The Morgan fingerprint density at radius 3 is 2.19 bits per heavy atom. The van der Waals surface area contributed by atoms with E-state index >= 15 is 0 Å². The summed E-state index contributed by atoms with van der Waals surface area (Å²) in [6.45, 7) is 3.85. The number of halogens is 1. The molecule has 0 N–H and O–H groups in total. The molecular formula is C29H28BrN3O3S. The van der Waals surface area contributed by atoms with Gasteiger partial charge in [0.25, 0.3) is 10.0 Å². The number of rotatable bonds is 7. The zero-order valence-electron chi connectivity index (χ0n) is 20.5. The average molecular weight is 579 g/mol. The highest BCUT2D eigenvalue weighted by Crippen LogP contribution is 2.40. The lowest BCUT2D eigenvalue weighted by molar-refractivity contribution is 0.311. The SMILES string of the molecule is Cc1cccc(S(=O)(=O)N2CCCOc3nc(N(Cc4ccccc4)Cc4ccccc4)c(Br)cc32)c1. The molecule has 5 rings (SSSR count). The number of hydrogen-bond acceptors (Lipinski definition) is 5. The lowest BCUT2D eigenvalue weighted by Crippen LogP contribution is -2.32. The van der Waals surface area contributed by atoms with Gasteiger partial charge in [0.2, 0.25) is 5.88 Å². The first kappa shape index (κ1) is 25.3. The zero-order valence-corrected chi connectivity index (χ0v) is 23.0. The van der Waals surface area contributed by atoms with Crippen LogP contribution in [0, 0.1) is 6.92 Å². The normalized spacial score (nSPS) is 13.4. The van der Waals surface area contributed by atoms with Gasteiger partial charge in [0, 0.05) is 26.1 Å². The molecule has 1 aliphatic heterocycles. The number of sulfonamides is 1. The predicted octanol–water partition coefficient (Wildman–Crippen LogP) is 6.34. The Bertz CT molecular complexity index is 1440. The molecule has 0 saturated carbocycles. The molecule has 1 aliphatic rings. The van der Waals surface area contributed by atoms with Crippen LogP contribution in [0.4, 0.5) is 11.5 Å². The monoisotopic (exact) mass is 577 g/mol. The summed E-state index contributed by atoms with van der Waals surface area (Å²) in [5, 5.41) is 0. The molecular weight excluding hydrogens is 550 g/mol. The molecule has 0 unspecified atom stereocenters. The topological polar surface area (TPSA) is 62.7 Å². The number of fused-ring (bicyclic) bond motifs is 1. The van der Waals surface area contributed by atoms with Gasteiger partial charge in [-0.3, -0.25) is 4.31 Å². The van der Waals surface area contributed by atoms with E-state index in [1.165, 1.54) is 4.31 Å². The molecule has 2 heterocycles. The molecule has 1 aromatic heterocycles. The second-order valence-corrected chi connectivity index (χ2v) is 11.8. The van der Waals surface area contributed by atoms with Crippen LogP contribution in [0.3, 0.4) is 0 Å². The van der Waals surface area contributed by atoms with Gasteiger partial charge in [-0.05, 0) is 57.7 Å². The summed E-state index contributed by atoms with van der Waals surface area (Å²) in [5.41, 5.74) is 3.62. The van der Waals surface area contributed by atoms with Crippen molar-refractivity contribution in [2.24, 2.45) is 0 Å². The number of benzene rings is 3. The van der Waals surface area contributed by atoms with Crippen LogP contribution in [0.2, 0.25) is 0 Å². The van der Waals surface area contributed by atoms with Crippen LogP contribution in [-0.2, 0) is 23.1 Å². The Balaban J connectivity index is 1.56. The quantitative estimate of drug-likeness (QED) is 0.256. The summed E-state index contributed by atoms with van der Waals surface area (Å²) in [4.78, 5) is 7.32. The van der Waals surface area contributed by atoms with Crippen LogP contribution >= 0.6 is 15.9 Å². The second kappa shape index (κ2) is 10.9. The van der Waals surface area contributed by atoms with Crippen LogP contribution in [-0.4, -0.2) is 26.6 Å². The van der Waals surface area contributed by atoms with Gasteiger partial charge >= 0.3 is 0 Å². The van der Waals surface area contributed by atoms with E-state index in [-0.39, 0.29) is 4.90 Å².